The van der Waals surface area contributed by atoms with Gasteiger partial charge in [-0.3, -0.25) is 0 Å². The molecule has 0 fully saturated rings. The molecule has 0 bridgehead atoms. The molecule has 0 saturated heterocycles. The van der Waals surface area contributed by atoms with Crippen LogP contribution in [0.5, 0.6) is 11.5 Å². The monoisotopic (exact) mass is 228 g/mol. The summed E-state index contributed by atoms with van der Waals surface area (Å²) in [6.07, 6.45) is 5.43. The lowest BCUT2D eigenvalue weighted by Crippen LogP contribution is -1.97. The second kappa shape index (κ2) is 4.30. The third-order valence-corrected chi connectivity index (χ3v) is 2.45. The molecule has 1 aromatic heterocycles. The molecule has 0 radical (unpaired) electrons. The van der Waals surface area contributed by atoms with Crippen molar-refractivity contribution < 1.29 is 9.47 Å². The predicted molar refractivity (Wildman–Crippen MR) is 65.3 cm³/mol. The van der Waals surface area contributed by atoms with Gasteiger partial charge in [0, 0.05) is 11.5 Å². The highest BCUT2D eigenvalue weighted by atomic mass is 16.5. The largest absolute Gasteiger partial charge is 0.493 e. The molecule has 1 aromatic carbocycles. The predicted octanol–water partition coefficient (Wildman–Crippen LogP) is 1.94. The number of ether oxygens (including phenoxy) is 2. The molecular weight excluding hydrogens is 216 g/mol. The van der Waals surface area contributed by atoms with Crippen molar-refractivity contribution in [3.05, 3.63) is 23.7 Å². The number of aryl methyl sites for hydroxylation is 1. The number of fused-ring (bicyclic) bond motifs is 1. The molecule has 2 rings (SSSR count). The van der Waals surface area contributed by atoms with Crippen molar-refractivity contribution in [3.63, 3.8) is 0 Å². The number of methoxy groups -OCH3 is 2. The molecule has 86 valence electrons. The van der Waals surface area contributed by atoms with Gasteiger partial charge >= 0.3 is 0 Å². The van der Waals surface area contributed by atoms with E-state index in [1.54, 1.807) is 33.3 Å². The Morgan fingerprint density at radius 2 is 1.76 bits per heavy atom. The molecule has 0 unspecified atom stereocenters. The molecule has 4 heteroatoms. The quantitative estimate of drug-likeness (QED) is 0.737. The molecule has 17 heavy (non-hydrogen) atoms. The maximum Gasteiger partial charge on any atom is 0.162 e. The lowest BCUT2D eigenvalue weighted by molar-refractivity contribution is 0.355. The topological polar surface area (TPSA) is 44.2 Å². The van der Waals surface area contributed by atoms with Crippen molar-refractivity contribution in [2.75, 3.05) is 14.2 Å². The molecule has 0 atom stereocenters. The summed E-state index contributed by atoms with van der Waals surface area (Å²) in [5.41, 5.74) is 1.32. The van der Waals surface area contributed by atoms with E-state index in [4.69, 9.17) is 15.9 Å². The van der Waals surface area contributed by atoms with Crippen LogP contribution in [0.1, 0.15) is 11.5 Å². The van der Waals surface area contributed by atoms with Gasteiger partial charge < -0.3 is 9.47 Å². The van der Waals surface area contributed by atoms with Gasteiger partial charge in [0.15, 0.2) is 11.5 Å². The average Bonchev–Trinajstić information content (AvgIpc) is 2.35. The number of hydrogen-bond donors (Lipinski definition) is 0. The van der Waals surface area contributed by atoms with Gasteiger partial charge in [-0.05, 0) is 18.9 Å². The number of terminal acetylenes is 1. The highest BCUT2D eigenvalue weighted by molar-refractivity contribution is 5.86. The van der Waals surface area contributed by atoms with E-state index in [1.807, 2.05) is 0 Å². The summed E-state index contributed by atoms with van der Waals surface area (Å²) in [7, 11) is 3.16. The minimum atomic E-state index is 0.563. The normalized spacial score (nSPS) is 10.0. The van der Waals surface area contributed by atoms with E-state index >= 15 is 0 Å². The number of benzene rings is 1. The smallest absolute Gasteiger partial charge is 0.162 e. The van der Waals surface area contributed by atoms with Crippen molar-refractivity contribution >= 4 is 10.9 Å². The van der Waals surface area contributed by atoms with Crippen LogP contribution < -0.4 is 9.47 Å². The lowest BCUT2D eigenvalue weighted by atomic mass is 10.1. The van der Waals surface area contributed by atoms with E-state index in [1.165, 1.54) is 0 Å². The number of nitrogens with zero attached hydrogens (tertiary/aromatic N) is 2. The van der Waals surface area contributed by atoms with E-state index in [9.17, 15) is 0 Å². The van der Waals surface area contributed by atoms with E-state index in [2.05, 4.69) is 15.9 Å². The van der Waals surface area contributed by atoms with E-state index < -0.39 is 0 Å². The van der Waals surface area contributed by atoms with Gasteiger partial charge in [0.25, 0.3) is 0 Å². The van der Waals surface area contributed by atoms with Gasteiger partial charge in [-0.1, -0.05) is 0 Å². The molecular formula is C13H12N2O2. The summed E-state index contributed by atoms with van der Waals surface area (Å²) in [4.78, 5) is 8.53. The van der Waals surface area contributed by atoms with Crippen molar-refractivity contribution in [2.24, 2.45) is 0 Å². The summed E-state index contributed by atoms with van der Waals surface area (Å²) < 4.78 is 10.4. The van der Waals surface area contributed by atoms with Gasteiger partial charge in [-0.2, -0.15) is 0 Å². The summed E-state index contributed by atoms with van der Waals surface area (Å²) in [6, 6.07) is 3.59. The zero-order chi connectivity index (χ0) is 12.4. The van der Waals surface area contributed by atoms with Crippen LogP contribution in [0, 0.1) is 19.3 Å². The molecule has 0 N–H and O–H groups in total. The van der Waals surface area contributed by atoms with E-state index in [-0.39, 0.29) is 0 Å². The fraction of sp³-hybridized carbons (Fsp3) is 0.231. The lowest BCUT2D eigenvalue weighted by Gasteiger charge is -2.09. The second-order valence-corrected chi connectivity index (χ2v) is 3.49. The first-order valence-corrected chi connectivity index (χ1v) is 5.06. The SMILES string of the molecule is C#Cc1nc(C)nc2cc(OC)c(OC)cc12. The van der Waals surface area contributed by atoms with Crippen molar-refractivity contribution in [2.45, 2.75) is 6.92 Å². The standard InChI is InChI=1S/C13H12N2O2/c1-5-10-9-6-12(16-3)13(17-4)7-11(9)15-8(2)14-10/h1,6-7H,2-4H3. The Morgan fingerprint density at radius 1 is 1.12 bits per heavy atom. The molecule has 0 saturated carbocycles. The first-order valence-electron chi connectivity index (χ1n) is 5.06. The van der Waals surface area contributed by atoms with Gasteiger partial charge in [0.2, 0.25) is 0 Å². The molecule has 0 aliphatic rings. The van der Waals surface area contributed by atoms with E-state index in [0.717, 1.165) is 10.9 Å². The Balaban J connectivity index is 2.83. The zero-order valence-electron chi connectivity index (χ0n) is 9.94. The second-order valence-electron chi connectivity index (χ2n) is 3.49. The number of rotatable bonds is 2. The fourth-order valence-corrected chi connectivity index (χ4v) is 1.68. The van der Waals surface area contributed by atoms with Gasteiger partial charge in [-0.25, -0.2) is 9.97 Å². The maximum atomic E-state index is 5.43. The van der Waals surface area contributed by atoms with Crippen molar-refractivity contribution in [1.82, 2.24) is 9.97 Å². The Morgan fingerprint density at radius 3 is 2.35 bits per heavy atom. The van der Waals surface area contributed by atoms with Crippen LogP contribution in [-0.2, 0) is 0 Å². The Bertz CT molecular complexity index is 615. The summed E-state index contributed by atoms with van der Waals surface area (Å²) in [6.45, 7) is 1.80. The van der Waals surface area contributed by atoms with Crippen LogP contribution in [-0.4, -0.2) is 24.2 Å². The average molecular weight is 228 g/mol. The summed E-state index contributed by atoms with van der Waals surface area (Å²) >= 11 is 0. The van der Waals surface area contributed by atoms with Crippen LogP contribution in [0.3, 0.4) is 0 Å². The molecule has 0 aliphatic heterocycles. The Labute approximate surface area is 99.6 Å². The van der Waals surface area contributed by atoms with Crippen molar-refractivity contribution in [1.29, 1.82) is 0 Å². The van der Waals surface area contributed by atoms with E-state index in [0.29, 0.717) is 23.0 Å². The Hall–Kier alpha value is -2.28. The minimum absolute atomic E-state index is 0.563. The van der Waals surface area contributed by atoms with Crippen LogP contribution in [0.25, 0.3) is 10.9 Å². The van der Waals surface area contributed by atoms with Crippen LogP contribution in [0.15, 0.2) is 12.1 Å². The number of aromatic nitrogens is 2. The fourth-order valence-electron chi connectivity index (χ4n) is 1.68. The van der Waals surface area contributed by atoms with Gasteiger partial charge in [-0.15, -0.1) is 6.42 Å². The summed E-state index contributed by atoms with van der Waals surface area (Å²) in [5, 5.41) is 0.788. The third-order valence-electron chi connectivity index (χ3n) is 2.45. The Kier molecular flexibility index (Phi) is 2.84. The van der Waals surface area contributed by atoms with Gasteiger partial charge in [0.05, 0.1) is 19.7 Å². The molecule has 2 aromatic rings. The molecule has 0 spiro atoms. The zero-order valence-corrected chi connectivity index (χ0v) is 9.94. The summed E-state index contributed by atoms with van der Waals surface area (Å²) in [5.74, 6) is 4.43. The molecule has 0 aliphatic carbocycles. The van der Waals surface area contributed by atoms with Gasteiger partial charge in [0.1, 0.15) is 11.5 Å². The third kappa shape index (κ3) is 1.87. The highest BCUT2D eigenvalue weighted by Crippen LogP contribution is 2.32. The van der Waals surface area contributed by atoms with Crippen LogP contribution in [0.4, 0.5) is 0 Å². The minimum Gasteiger partial charge on any atom is -0.493 e. The number of hydrogen-bond acceptors (Lipinski definition) is 4. The first-order chi connectivity index (χ1) is 8.19. The first kappa shape index (κ1) is 11.2. The molecule has 1 heterocycles. The maximum absolute atomic E-state index is 5.43. The van der Waals surface area contributed by atoms with Crippen LogP contribution in [0.2, 0.25) is 0 Å². The molecule has 0 amide bonds. The van der Waals surface area contributed by atoms with Crippen LogP contribution >= 0.6 is 0 Å². The molecule has 4 nitrogen and oxygen atoms in total. The van der Waals surface area contributed by atoms with Crippen molar-refractivity contribution in [3.8, 4) is 23.8 Å². The highest BCUT2D eigenvalue weighted by Gasteiger charge is 2.10.